The van der Waals surface area contributed by atoms with Gasteiger partial charge in [-0.25, -0.2) is 4.79 Å². The highest BCUT2D eigenvalue weighted by atomic mass is 16.5. The number of rotatable bonds is 2. The number of fused-ring (bicyclic) bond motifs is 3. The van der Waals surface area contributed by atoms with Gasteiger partial charge in [-0.2, -0.15) is 0 Å². The molecule has 0 unspecified atom stereocenters. The minimum atomic E-state index is -0.318. The molecule has 106 valence electrons. The van der Waals surface area contributed by atoms with Crippen LogP contribution in [0, 0.1) is 11.8 Å². The van der Waals surface area contributed by atoms with Crippen molar-refractivity contribution < 1.29 is 9.53 Å². The maximum Gasteiger partial charge on any atom is 0.330 e. The Morgan fingerprint density at radius 3 is 2.65 bits per heavy atom. The van der Waals surface area contributed by atoms with Crippen LogP contribution in [-0.4, -0.2) is 19.1 Å². The van der Waals surface area contributed by atoms with Crippen LogP contribution in [0.1, 0.15) is 29.5 Å². The average Bonchev–Trinajstić information content (AvgIpc) is 2.71. The predicted octanol–water partition coefficient (Wildman–Crippen LogP) is 2.32. The van der Waals surface area contributed by atoms with E-state index < -0.39 is 0 Å². The molecule has 0 aromatic heterocycles. The topological polar surface area (TPSA) is 52.3 Å². The van der Waals surface area contributed by atoms with E-state index in [0.29, 0.717) is 17.9 Å². The summed E-state index contributed by atoms with van der Waals surface area (Å²) in [5.41, 5.74) is 10.2. The van der Waals surface area contributed by atoms with Gasteiger partial charge in [0, 0.05) is 12.1 Å². The molecule has 0 aliphatic heterocycles. The SMILES string of the molecule is COC(=O)/C=C/c1ccc2c(c1)C[C@@H]1CC[C@H](C2)[C@H]1N. The molecule has 2 bridgehead atoms. The third-order valence-corrected chi connectivity index (χ3v) is 4.80. The highest BCUT2D eigenvalue weighted by Crippen LogP contribution is 2.39. The Labute approximate surface area is 119 Å². The van der Waals surface area contributed by atoms with Crippen LogP contribution in [0.25, 0.3) is 6.08 Å². The molecule has 1 fully saturated rings. The Bertz CT molecular complexity index is 550. The first-order chi connectivity index (χ1) is 9.67. The van der Waals surface area contributed by atoms with Crippen molar-refractivity contribution in [3.63, 3.8) is 0 Å². The third kappa shape index (κ3) is 2.50. The fourth-order valence-electron chi connectivity index (χ4n) is 3.61. The van der Waals surface area contributed by atoms with Gasteiger partial charge in [-0.1, -0.05) is 18.2 Å². The van der Waals surface area contributed by atoms with E-state index in [0.717, 1.165) is 18.4 Å². The Balaban J connectivity index is 1.85. The number of ether oxygens (including phenoxy) is 1. The molecule has 3 atom stereocenters. The van der Waals surface area contributed by atoms with Crippen molar-refractivity contribution in [3.05, 3.63) is 41.0 Å². The van der Waals surface area contributed by atoms with Gasteiger partial charge in [0.15, 0.2) is 0 Å². The van der Waals surface area contributed by atoms with Crippen LogP contribution in [0.3, 0.4) is 0 Å². The van der Waals surface area contributed by atoms with E-state index in [1.54, 1.807) is 0 Å². The zero-order chi connectivity index (χ0) is 14.1. The summed E-state index contributed by atoms with van der Waals surface area (Å²) in [7, 11) is 1.39. The quantitative estimate of drug-likeness (QED) is 0.663. The van der Waals surface area contributed by atoms with Crippen LogP contribution in [0.2, 0.25) is 0 Å². The minimum Gasteiger partial charge on any atom is -0.466 e. The first-order valence-corrected chi connectivity index (χ1v) is 7.31. The van der Waals surface area contributed by atoms with Crippen LogP contribution >= 0.6 is 0 Å². The average molecular weight is 271 g/mol. The molecule has 20 heavy (non-hydrogen) atoms. The normalized spacial score (nSPS) is 28.2. The molecule has 0 saturated heterocycles. The zero-order valence-electron chi connectivity index (χ0n) is 11.8. The lowest BCUT2D eigenvalue weighted by molar-refractivity contribution is -0.134. The number of carbonyl (C=O) groups is 1. The van der Waals surface area contributed by atoms with Gasteiger partial charge in [0.1, 0.15) is 0 Å². The Morgan fingerprint density at radius 1 is 1.25 bits per heavy atom. The second-order valence-electron chi connectivity index (χ2n) is 5.97. The fraction of sp³-hybridized carbons (Fsp3) is 0.471. The summed E-state index contributed by atoms with van der Waals surface area (Å²) in [4.78, 5) is 11.2. The summed E-state index contributed by atoms with van der Waals surface area (Å²) in [5.74, 6) is 0.958. The van der Waals surface area contributed by atoms with E-state index in [2.05, 4.69) is 22.9 Å². The van der Waals surface area contributed by atoms with Gasteiger partial charge in [-0.15, -0.1) is 0 Å². The Morgan fingerprint density at radius 2 is 1.95 bits per heavy atom. The number of esters is 1. The number of carbonyl (C=O) groups excluding carboxylic acids is 1. The Hall–Kier alpha value is -1.61. The largest absolute Gasteiger partial charge is 0.466 e. The van der Waals surface area contributed by atoms with E-state index >= 15 is 0 Å². The molecule has 3 heteroatoms. The number of nitrogens with two attached hydrogens (primary N) is 1. The van der Waals surface area contributed by atoms with Crippen molar-refractivity contribution in [2.24, 2.45) is 17.6 Å². The van der Waals surface area contributed by atoms with Crippen molar-refractivity contribution in [1.82, 2.24) is 0 Å². The van der Waals surface area contributed by atoms with Gasteiger partial charge >= 0.3 is 5.97 Å². The van der Waals surface area contributed by atoms with E-state index in [1.165, 1.54) is 37.2 Å². The summed E-state index contributed by atoms with van der Waals surface area (Å²) in [6.07, 6.45) is 8.00. The smallest absolute Gasteiger partial charge is 0.330 e. The van der Waals surface area contributed by atoms with Gasteiger partial charge in [-0.05, 0) is 60.3 Å². The number of methoxy groups -OCH3 is 1. The highest BCUT2D eigenvalue weighted by Gasteiger charge is 2.36. The Kier molecular flexibility index (Phi) is 3.62. The molecule has 2 N–H and O–H groups in total. The summed E-state index contributed by atoms with van der Waals surface area (Å²) in [5, 5.41) is 0. The lowest BCUT2D eigenvalue weighted by atomic mass is 9.92. The second-order valence-corrected chi connectivity index (χ2v) is 5.97. The van der Waals surface area contributed by atoms with Crippen LogP contribution in [0.5, 0.6) is 0 Å². The summed E-state index contributed by atoms with van der Waals surface area (Å²) < 4.78 is 4.62. The molecule has 2 aliphatic carbocycles. The first kappa shape index (κ1) is 13.4. The molecule has 1 saturated carbocycles. The molecule has 1 aromatic carbocycles. The van der Waals surface area contributed by atoms with Crippen molar-refractivity contribution in [2.45, 2.75) is 31.7 Å². The molecule has 3 nitrogen and oxygen atoms in total. The van der Waals surface area contributed by atoms with E-state index in [1.807, 2.05) is 6.08 Å². The summed E-state index contributed by atoms with van der Waals surface area (Å²) in [6, 6.07) is 6.82. The molecule has 0 heterocycles. The maximum absolute atomic E-state index is 11.2. The van der Waals surface area contributed by atoms with Crippen LogP contribution in [0.4, 0.5) is 0 Å². The molecule has 2 aliphatic rings. The molecule has 0 spiro atoms. The number of hydrogen-bond donors (Lipinski definition) is 1. The molecule has 0 radical (unpaired) electrons. The summed E-state index contributed by atoms with van der Waals surface area (Å²) in [6.45, 7) is 0. The van der Waals surface area contributed by atoms with Gasteiger partial charge in [0.05, 0.1) is 7.11 Å². The van der Waals surface area contributed by atoms with Crippen molar-refractivity contribution in [1.29, 1.82) is 0 Å². The van der Waals surface area contributed by atoms with Gasteiger partial charge in [-0.3, -0.25) is 0 Å². The minimum absolute atomic E-state index is 0.318. The van der Waals surface area contributed by atoms with Gasteiger partial charge in [0.25, 0.3) is 0 Å². The highest BCUT2D eigenvalue weighted by molar-refractivity contribution is 5.86. The predicted molar refractivity (Wildman–Crippen MR) is 79.1 cm³/mol. The molecule has 0 amide bonds. The standard InChI is InChI=1S/C17H21NO2/c1-20-16(19)7-3-11-2-4-12-9-13-5-6-14(17(13)18)10-15(12)8-11/h2-4,7-8,13-14,17H,5-6,9-10,18H2,1H3/b7-3+/t13-,14+,17-/m1/s1. The first-order valence-electron chi connectivity index (χ1n) is 7.31. The lowest BCUT2D eigenvalue weighted by Gasteiger charge is -2.15. The molecule has 3 rings (SSSR count). The fourth-order valence-corrected chi connectivity index (χ4v) is 3.61. The van der Waals surface area contributed by atoms with Gasteiger partial charge < -0.3 is 10.5 Å². The lowest BCUT2D eigenvalue weighted by Crippen LogP contribution is -2.31. The van der Waals surface area contributed by atoms with Crippen molar-refractivity contribution >= 4 is 12.0 Å². The van der Waals surface area contributed by atoms with E-state index in [9.17, 15) is 4.79 Å². The van der Waals surface area contributed by atoms with E-state index in [-0.39, 0.29) is 5.97 Å². The molecular weight excluding hydrogens is 250 g/mol. The van der Waals surface area contributed by atoms with Crippen LogP contribution in [-0.2, 0) is 22.4 Å². The van der Waals surface area contributed by atoms with Crippen molar-refractivity contribution in [2.75, 3.05) is 7.11 Å². The maximum atomic E-state index is 11.2. The second kappa shape index (κ2) is 5.41. The number of hydrogen-bond acceptors (Lipinski definition) is 3. The molecular formula is C17H21NO2. The van der Waals surface area contributed by atoms with Crippen LogP contribution < -0.4 is 5.73 Å². The van der Waals surface area contributed by atoms with E-state index in [4.69, 9.17) is 5.73 Å². The van der Waals surface area contributed by atoms with Crippen molar-refractivity contribution in [3.8, 4) is 0 Å². The monoisotopic (exact) mass is 271 g/mol. The summed E-state index contributed by atoms with van der Waals surface area (Å²) >= 11 is 0. The third-order valence-electron chi connectivity index (χ3n) is 4.80. The zero-order valence-corrected chi connectivity index (χ0v) is 11.8. The number of benzene rings is 1. The van der Waals surface area contributed by atoms with Gasteiger partial charge in [0.2, 0.25) is 0 Å². The molecule has 1 aromatic rings. The van der Waals surface area contributed by atoms with Crippen LogP contribution in [0.15, 0.2) is 24.3 Å².